The lowest BCUT2D eigenvalue weighted by Gasteiger charge is -2.45. The molecule has 3 aliphatic rings. The van der Waals surface area contributed by atoms with Gasteiger partial charge < -0.3 is 19.7 Å². The molecular weight excluding hydrogens is 390 g/mol. The Balaban J connectivity index is 1.24. The number of hydrazine groups is 1. The number of anilines is 3. The van der Waals surface area contributed by atoms with Crippen LogP contribution >= 0.6 is 0 Å². The summed E-state index contributed by atoms with van der Waals surface area (Å²) < 4.78 is 2.11. The maximum absolute atomic E-state index is 9.97. The maximum Gasteiger partial charge on any atom is 0.160 e. The van der Waals surface area contributed by atoms with Crippen molar-refractivity contribution in [1.29, 1.82) is 0 Å². The summed E-state index contributed by atoms with van der Waals surface area (Å²) >= 11 is 0. The topological polar surface area (TPSA) is 89.8 Å². The molecule has 2 aliphatic heterocycles. The van der Waals surface area contributed by atoms with E-state index in [0.717, 1.165) is 41.7 Å². The minimum Gasteiger partial charge on any atom is -0.386 e. The largest absolute Gasteiger partial charge is 0.386 e. The number of aromatic nitrogens is 3. The fraction of sp³-hybridized carbons (Fsp3) is 0.478. The first-order valence-corrected chi connectivity index (χ1v) is 11.2. The number of hydrogen-bond acceptors (Lipinski definition) is 7. The number of nitrogens with one attached hydrogen (secondary N) is 3. The molecule has 8 nitrogen and oxygen atoms in total. The highest BCUT2D eigenvalue weighted by Crippen LogP contribution is 2.38. The van der Waals surface area contributed by atoms with Crippen molar-refractivity contribution in [2.45, 2.75) is 43.7 Å². The lowest BCUT2D eigenvalue weighted by molar-refractivity contribution is 0.0310. The predicted octanol–water partition coefficient (Wildman–Crippen LogP) is 2.40. The molecule has 0 radical (unpaired) electrons. The van der Waals surface area contributed by atoms with E-state index >= 15 is 0 Å². The molecule has 3 aromatic rings. The average molecular weight is 420 g/mol. The van der Waals surface area contributed by atoms with Crippen LogP contribution in [0.3, 0.4) is 0 Å². The summed E-state index contributed by atoms with van der Waals surface area (Å²) in [6.45, 7) is 4.24. The highest BCUT2D eigenvalue weighted by molar-refractivity contribution is 5.73. The summed E-state index contributed by atoms with van der Waals surface area (Å²) in [5.74, 6) is 2.09. The number of β-amino-alcohol motifs (C(OH)–C–C–N with tert-alkyl or cyclic N) is 1. The number of aliphatic hydroxyl groups is 1. The summed E-state index contributed by atoms with van der Waals surface area (Å²) in [5, 5.41) is 13.5. The Morgan fingerprint density at radius 2 is 2.13 bits per heavy atom. The van der Waals surface area contributed by atoms with Crippen LogP contribution in [0, 0.1) is 5.92 Å². The van der Waals surface area contributed by atoms with Crippen LogP contribution < -0.4 is 21.1 Å². The van der Waals surface area contributed by atoms with Gasteiger partial charge in [0.15, 0.2) is 5.65 Å². The second-order valence-corrected chi connectivity index (χ2v) is 9.63. The molecule has 31 heavy (non-hydrogen) atoms. The average Bonchev–Trinajstić information content (AvgIpc) is 3.41. The van der Waals surface area contributed by atoms with Crippen molar-refractivity contribution in [3.63, 3.8) is 0 Å². The second-order valence-electron chi connectivity index (χ2n) is 9.63. The highest BCUT2D eigenvalue weighted by Gasteiger charge is 2.37. The van der Waals surface area contributed by atoms with Gasteiger partial charge in [0.05, 0.1) is 23.2 Å². The quantitative estimate of drug-likeness (QED) is 0.516. The molecule has 3 fully saturated rings. The third kappa shape index (κ3) is 3.54. The number of fused-ring (bicyclic) bond motifs is 2. The maximum atomic E-state index is 9.97. The van der Waals surface area contributed by atoms with Gasteiger partial charge in [-0.2, -0.15) is 0 Å². The van der Waals surface area contributed by atoms with Gasteiger partial charge in [0.1, 0.15) is 5.82 Å². The van der Waals surface area contributed by atoms with Gasteiger partial charge >= 0.3 is 0 Å². The Morgan fingerprint density at radius 3 is 2.94 bits per heavy atom. The molecule has 0 aromatic carbocycles. The van der Waals surface area contributed by atoms with Crippen molar-refractivity contribution >= 4 is 22.8 Å². The minimum absolute atomic E-state index is 0.538. The van der Waals surface area contributed by atoms with Crippen LogP contribution in [-0.4, -0.2) is 50.8 Å². The lowest BCUT2D eigenvalue weighted by atomic mass is 9.77. The Morgan fingerprint density at radius 1 is 1.23 bits per heavy atom. The third-order valence-corrected chi connectivity index (χ3v) is 7.06. The Labute approximate surface area is 181 Å². The molecule has 3 aromatic heterocycles. The van der Waals surface area contributed by atoms with Gasteiger partial charge in [-0.05, 0) is 61.8 Å². The zero-order chi connectivity index (χ0) is 21.0. The van der Waals surface area contributed by atoms with Gasteiger partial charge in [-0.1, -0.05) is 0 Å². The first-order valence-electron chi connectivity index (χ1n) is 11.2. The van der Waals surface area contributed by atoms with Gasteiger partial charge in [0.25, 0.3) is 0 Å². The van der Waals surface area contributed by atoms with Gasteiger partial charge in [-0.25, -0.2) is 9.97 Å². The van der Waals surface area contributed by atoms with Crippen LogP contribution in [-0.2, 0) is 0 Å². The third-order valence-electron chi connectivity index (χ3n) is 7.06. The van der Waals surface area contributed by atoms with Gasteiger partial charge in [-0.15, -0.1) is 0 Å². The van der Waals surface area contributed by atoms with E-state index in [1.54, 1.807) is 0 Å². The predicted molar refractivity (Wildman–Crippen MR) is 121 cm³/mol. The summed E-state index contributed by atoms with van der Waals surface area (Å²) in [4.78, 5) is 11.3. The smallest absolute Gasteiger partial charge is 0.160 e. The Hall–Kier alpha value is -2.68. The van der Waals surface area contributed by atoms with Crippen LogP contribution in [0.25, 0.3) is 5.65 Å². The lowest BCUT2D eigenvalue weighted by Crippen LogP contribution is -2.60. The van der Waals surface area contributed by atoms with Crippen molar-refractivity contribution in [3.8, 4) is 0 Å². The van der Waals surface area contributed by atoms with Crippen LogP contribution in [0.15, 0.2) is 43.0 Å². The van der Waals surface area contributed by atoms with E-state index in [9.17, 15) is 5.11 Å². The van der Waals surface area contributed by atoms with E-state index < -0.39 is 5.60 Å². The fourth-order valence-electron chi connectivity index (χ4n) is 5.39. The van der Waals surface area contributed by atoms with E-state index in [-0.39, 0.29) is 0 Å². The standard InChI is InChI=1S/C23H29N7O/c1-23(31)13-30(14-23)18-4-5-21(25-11-18)27-20-9-17(12-29-7-6-24-22(20)29)15-2-3-16-10-26-28-19(16)8-15/h4-7,9,11-12,15-16,19,26,28,31H,2-3,8,10,13-14H2,1H3,(H,25,27). The van der Waals surface area contributed by atoms with Crippen LogP contribution in [0.4, 0.5) is 17.2 Å². The Kier molecular flexibility index (Phi) is 4.41. The van der Waals surface area contributed by atoms with Crippen LogP contribution in [0.1, 0.15) is 37.7 Å². The molecule has 0 spiro atoms. The Bertz CT molecular complexity index is 1090. The minimum atomic E-state index is -0.590. The molecule has 3 atom stereocenters. The summed E-state index contributed by atoms with van der Waals surface area (Å²) in [5.41, 5.74) is 10.5. The van der Waals surface area contributed by atoms with Crippen molar-refractivity contribution < 1.29 is 5.11 Å². The van der Waals surface area contributed by atoms with Gasteiger partial charge in [0, 0.05) is 44.3 Å². The molecule has 2 saturated heterocycles. The number of rotatable bonds is 4. The van der Waals surface area contributed by atoms with Gasteiger partial charge in [0.2, 0.25) is 0 Å². The van der Waals surface area contributed by atoms with E-state index in [1.807, 2.05) is 31.6 Å². The van der Waals surface area contributed by atoms with Crippen LogP contribution in [0.5, 0.6) is 0 Å². The van der Waals surface area contributed by atoms with Crippen molar-refractivity contribution in [2.75, 3.05) is 29.9 Å². The first kappa shape index (κ1) is 19.0. The van der Waals surface area contributed by atoms with E-state index in [4.69, 9.17) is 0 Å². The molecule has 5 heterocycles. The molecule has 0 bridgehead atoms. The molecule has 8 heteroatoms. The number of pyridine rings is 2. The van der Waals surface area contributed by atoms with Crippen molar-refractivity contribution in [1.82, 2.24) is 25.2 Å². The van der Waals surface area contributed by atoms with E-state index in [2.05, 4.69) is 53.8 Å². The molecule has 1 aliphatic carbocycles. The van der Waals surface area contributed by atoms with Crippen molar-refractivity contribution in [2.24, 2.45) is 5.92 Å². The normalized spacial score (nSPS) is 27.2. The monoisotopic (exact) mass is 419 g/mol. The molecule has 162 valence electrons. The number of imidazole rings is 1. The second kappa shape index (κ2) is 7.19. The van der Waals surface area contributed by atoms with Crippen molar-refractivity contribution in [3.05, 3.63) is 48.5 Å². The number of nitrogens with zero attached hydrogens (tertiary/aromatic N) is 4. The zero-order valence-corrected chi connectivity index (χ0v) is 17.8. The molecule has 0 amide bonds. The summed E-state index contributed by atoms with van der Waals surface area (Å²) in [6, 6.07) is 6.85. The van der Waals surface area contributed by atoms with E-state index in [0.29, 0.717) is 25.0 Å². The molecule has 6 rings (SSSR count). The molecule has 3 unspecified atom stereocenters. The van der Waals surface area contributed by atoms with Gasteiger partial charge in [-0.3, -0.25) is 10.9 Å². The SMILES string of the molecule is CC1(O)CN(c2ccc(Nc3cc(C4CCC5CNNC5C4)cn4ccnc34)nc2)C1. The molecule has 4 N–H and O–H groups in total. The first-order chi connectivity index (χ1) is 15.0. The zero-order valence-electron chi connectivity index (χ0n) is 17.8. The summed E-state index contributed by atoms with van der Waals surface area (Å²) in [7, 11) is 0. The molecule has 1 saturated carbocycles. The van der Waals surface area contributed by atoms with Crippen LogP contribution in [0.2, 0.25) is 0 Å². The van der Waals surface area contributed by atoms with E-state index in [1.165, 1.54) is 18.4 Å². The molecular formula is C23H29N7O. The number of hydrogen-bond donors (Lipinski definition) is 4. The highest BCUT2D eigenvalue weighted by atomic mass is 16.3. The fourth-order valence-corrected chi connectivity index (χ4v) is 5.39. The summed E-state index contributed by atoms with van der Waals surface area (Å²) in [6.07, 6.45) is 11.6.